The van der Waals surface area contributed by atoms with Crippen molar-refractivity contribution in [2.75, 3.05) is 26.2 Å². The van der Waals surface area contributed by atoms with Crippen LogP contribution in [0.4, 0.5) is 0 Å². The molecule has 1 heterocycles. The summed E-state index contributed by atoms with van der Waals surface area (Å²) in [7, 11) is 0. The van der Waals surface area contributed by atoms with Crippen molar-refractivity contribution in [2.24, 2.45) is 0 Å². The topological polar surface area (TPSA) is 37.4 Å². The SMILES string of the molecule is CCN(CC)CCOc1ccc(Cl)c(CNC(C)(C)C)n1. The first kappa shape index (κ1) is 18.2. The van der Waals surface area contributed by atoms with E-state index >= 15 is 0 Å². The molecular formula is C16H28ClN3O. The summed E-state index contributed by atoms with van der Waals surface area (Å²) in [4.78, 5) is 6.81. The van der Waals surface area contributed by atoms with Crippen molar-refractivity contribution < 1.29 is 4.74 Å². The molecule has 4 nitrogen and oxygen atoms in total. The maximum atomic E-state index is 6.19. The molecule has 1 aromatic rings. The zero-order valence-corrected chi connectivity index (χ0v) is 14.6. The van der Waals surface area contributed by atoms with Crippen molar-refractivity contribution in [1.82, 2.24) is 15.2 Å². The second kappa shape index (κ2) is 8.57. The van der Waals surface area contributed by atoms with E-state index in [0.717, 1.165) is 25.3 Å². The van der Waals surface area contributed by atoms with Crippen LogP contribution in [0.25, 0.3) is 0 Å². The quantitative estimate of drug-likeness (QED) is 0.798. The molecule has 21 heavy (non-hydrogen) atoms. The van der Waals surface area contributed by atoms with Crippen molar-refractivity contribution in [1.29, 1.82) is 0 Å². The molecule has 1 rings (SSSR count). The fourth-order valence-corrected chi connectivity index (χ4v) is 2.01. The van der Waals surface area contributed by atoms with E-state index in [-0.39, 0.29) is 5.54 Å². The lowest BCUT2D eigenvalue weighted by Gasteiger charge is -2.21. The molecule has 0 atom stereocenters. The van der Waals surface area contributed by atoms with Gasteiger partial charge >= 0.3 is 0 Å². The Labute approximate surface area is 133 Å². The average molecular weight is 314 g/mol. The monoisotopic (exact) mass is 313 g/mol. The molecule has 1 aromatic heterocycles. The third-order valence-corrected chi connectivity index (χ3v) is 3.58. The number of halogens is 1. The Hall–Kier alpha value is -0.840. The van der Waals surface area contributed by atoms with Gasteiger partial charge in [-0.2, -0.15) is 0 Å². The Morgan fingerprint density at radius 1 is 1.24 bits per heavy atom. The summed E-state index contributed by atoms with van der Waals surface area (Å²) in [6.45, 7) is 14.9. The van der Waals surface area contributed by atoms with Crippen LogP contribution in [-0.4, -0.2) is 41.7 Å². The first-order valence-electron chi connectivity index (χ1n) is 7.61. The van der Waals surface area contributed by atoms with Gasteiger partial charge in [0.2, 0.25) is 5.88 Å². The number of rotatable bonds is 8. The number of aromatic nitrogens is 1. The molecule has 0 fully saturated rings. The van der Waals surface area contributed by atoms with E-state index in [1.165, 1.54) is 0 Å². The van der Waals surface area contributed by atoms with E-state index in [2.05, 4.69) is 49.8 Å². The van der Waals surface area contributed by atoms with E-state index in [1.807, 2.05) is 12.1 Å². The van der Waals surface area contributed by atoms with Gasteiger partial charge in [-0.05, 0) is 39.9 Å². The van der Waals surface area contributed by atoms with E-state index in [4.69, 9.17) is 16.3 Å². The Morgan fingerprint density at radius 2 is 1.90 bits per heavy atom. The minimum Gasteiger partial charge on any atom is -0.476 e. The Morgan fingerprint density at radius 3 is 2.48 bits per heavy atom. The van der Waals surface area contributed by atoms with Crippen molar-refractivity contribution in [2.45, 2.75) is 46.7 Å². The zero-order chi connectivity index (χ0) is 15.9. The fourth-order valence-electron chi connectivity index (χ4n) is 1.84. The third kappa shape index (κ3) is 7.11. The Bertz CT molecular complexity index is 428. The highest BCUT2D eigenvalue weighted by Gasteiger charge is 2.11. The Balaban J connectivity index is 2.56. The van der Waals surface area contributed by atoms with Gasteiger partial charge in [0.15, 0.2) is 0 Å². The lowest BCUT2D eigenvalue weighted by molar-refractivity contribution is 0.217. The minimum atomic E-state index is 0.0324. The molecule has 5 heteroatoms. The summed E-state index contributed by atoms with van der Waals surface area (Å²) >= 11 is 6.19. The summed E-state index contributed by atoms with van der Waals surface area (Å²) in [6, 6.07) is 3.67. The van der Waals surface area contributed by atoms with Crippen LogP contribution in [0.15, 0.2) is 12.1 Å². The van der Waals surface area contributed by atoms with E-state index in [0.29, 0.717) is 24.1 Å². The van der Waals surface area contributed by atoms with Crippen LogP contribution < -0.4 is 10.1 Å². The van der Waals surface area contributed by atoms with E-state index in [1.54, 1.807) is 0 Å². The molecule has 0 aromatic carbocycles. The number of hydrogen-bond acceptors (Lipinski definition) is 4. The van der Waals surface area contributed by atoms with Gasteiger partial charge in [-0.25, -0.2) is 4.98 Å². The van der Waals surface area contributed by atoms with Crippen LogP contribution in [0.2, 0.25) is 5.02 Å². The summed E-state index contributed by atoms with van der Waals surface area (Å²) in [5, 5.41) is 4.06. The average Bonchev–Trinajstić information content (AvgIpc) is 2.43. The minimum absolute atomic E-state index is 0.0324. The summed E-state index contributed by atoms with van der Waals surface area (Å²) in [6.07, 6.45) is 0. The largest absolute Gasteiger partial charge is 0.476 e. The molecule has 0 aliphatic rings. The second-order valence-corrected chi connectivity index (χ2v) is 6.46. The van der Waals surface area contributed by atoms with E-state index < -0.39 is 0 Å². The van der Waals surface area contributed by atoms with Crippen LogP contribution in [-0.2, 0) is 6.54 Å². The molecule has 120 valence electrons. The molecule has 0 unspecified atom stereocenters. The molecule has 0 aliphatic heterocycles. The smallest absolute Gasteiger partial charge is 0.213 e. The number of hydrogen-bond donors (Lipinski definition) is 1. The van der Waals surface area contributed by atoms with Crippen molar-refractivity contribution in [3.05, 3.63) is 22.8 Å². The molecule has 0 spiro atoms. The predicted octanol–water partition coefficient (Wildman–Crippen LogP) is 3.34. The number of pyridine rings is 1. The van der Waals surface area contributed by atoms with Crippen molar-refractivity contribution in [3.63, 3.8) is 0 Å². The van der Waals surface area contributed by atoms with Crippen molar-refractivity contribution >= 4 is 11.6 Å². The first-order chi connectivity index (χ1) is 9.85. The summed E-state index contributed by atoms with van der Waals surface area (Å²) in [5.41, 5.74) is 0.858. The lowest BCUT2D eigenvalue weighted by Crippen LogP contribution is -2.35. The molecule has 0 saturated heterocycles. The molecular weight excluding hydrogens is 286 g/mol. The number of nitrogens with zero attached hydrogens (tertiary/aromatic N) is 2. The van der Waals surface area contributed by atoms with Crippen LogP contribution in [0.3, 0.4) is 0 Å². The van der Waals surface area contributed by atoms with Crippen molar-refractivity contribution in [3.8, 4) is 5.88 Å². The molecule has 0 radical (unpaired) electrons. The van der Waals surface area contributed by atoms with Crippen LogP contribution >= 0.6 is 11.6 Å². The highest BCUT2D eigenvalue weighted by Crippen LogP contribution is 2.18. The number of ether oxygens (including phenoxy) is 1. The summed E-state index contributed by atoms with van der Waals surface area (Å²) in [5.74, 6) is 0.636. The standard InChI is InChI=1S/C16H28ClN3O/c1-6-20(7-2)10-11-21-15-9-8-13(17)14(19-15)12-18-16(3,4)5/h8-9,18H,6-7,10-12H2,1-5H3. The van der Waals surface area contributed by atoms with Gasteiger partial charge in [-0.3, -0.25) is 0 Å². The molecule has 0 bridgehead atoms. The normalized spacial score (nSPS) is 12.0. The fraction of sp³-hybridized carbons (Fsp3) is 0.688. The second-order valence-electron chi connectivity index (χ2n) is 6.06. The van der Waals surface area contributed by atoms with Crippen LogP contribution in [0.5, 0.6) is 5.88 Å². The highest BCUT2D eigenvalue weighted by molar-refractivity contribution is 6.31. The van der Waals surface area contributed by atoms with Gasteiger partial charge in [-0.1, -0.05) is 25.4 Å². The van der Waals surface area contributed by atoms with Gasteiger partial charge in [0.25, 0.3) is 0 Å². The third-order valence-electron chi connectivity index (χ3n) is 3.23. The van der Waals surface area contributed by atoms with Crippen LogP contribution in [0, 0.1) is 0 Å². The maximum Gasteiger partial charge on any atom is 0.213 e. The molecule has 1 N–H and O–H groups in total. The predicted molar refractivity (Wildman–Crippen MR) is 89.1 cm³/mol. The lowest BCUT2D eigenvalue weighted by atomic mass is 10.1. The van der Waals surface area contributed by atoms with Gasteiger partial charge in [0, 0.05) is 24.7 Å². The van der Waals surface area contributed by atoms with Gasteiger partial charge in [0.1, 0.15) is 6.61 Å². The maximum absolute atomic E-state index is 6.19. The highest BCUT2D eigenvalue weighted by atomic mass is 35.5. The Kier molecular flexibility index (Phi) is 7.43. The zero-order valence-electron chi connectivity index (χ0n) is 13.9. The number of likely N-dealkylation sites (N-methyl/N-ethyl adjacent to an activating group) is 1. The van der Waals surface area contributed by atoms with Gasteiger partial charge in [0.05, 0.1) is 10.7 Å². The molecule has 0 saturated carbocycles. The summed E-state index contributed by atoms with van der Waals surface area (Å²) < 4.78 is 5.73. The molecule has 0 aliphatic carbocycles. The first-order valence-corrected chi connectivity index (χ1v) is 7.99. The number of nitrogens with one attached hydrogen (secondary N) is 1. The molecule has 0 amide bonds. The van der Waals surface area contributed by atoms with E-state index in [9.17, 15) is 0 Å². The van der Waals surface area contributed by atoms with Gasteiger partial charge in [-0.15, -0.1) is 0 Å². The van der Waals surface area contributed by atoms with Crippen LogP contribution in [0.1, 0.15) is 40.3 Å². The van der Waals surface area contributed by atoms with Gasteiger partial charge < -0.3 is 15.0 Å².